The summed E-state index contributed by atoms with van der Waals surface area (Å²) in [7, 11) is 0. The van der Waals surface area contributed by atoms with Gasteiger partial charge in [0.25, 0.3) is 5.56 Å². The molecule has 0 saturated carbocycles. The van der Waals surface area contributed by atoms with Crippen molar-refractivity contribution in [2.24, 2.45) is 5.92 Å². The summed E-state index contributed by atoms with van der Waals surface area (Å²) >= 11 is 1.03. The van der Waals surface area contributed by atoms with E-state index in [1.165, 1.54) is 3.96 Å². The lowest BCUT2D eigenvalue weighted by molar-refractivity contribution is -0.125. The molecule has 0 aliphatic carbocycles. The Kier molecular flexibility index (Phi) is 5.94. The summed E-state index contributed by atoms with van der Waals surface area (Å²) < 4.78 is 1.38. The van der Waals surface area contributed by atoms with Gasteiger partial charge in [-0.1, -0.05) is 61.6 Å². The average molecular weight is 356 g/mol. The van der Waals surface area contributed by atoms with Crippen LogP contribution in [0.1, 0.15) is 40.7 Å². The zero-order valence-electron chi connectivity index (χ0n) is 14.4. The maximum Gasteiger partial charge on any atom is 0.265 e. The SMILES string of the molecule is C#CCNC(=O)C(C(C)C)n1sc(C(=O)c2ccccc2)c(C)c1=O. The number of hydrogen-bond acceptors (Lipinski definition) is 4. The molecule has 2 aromatic rings. The average Bonchev–Trinajstić information content (AvgIpc) is 2.89. The Labute approximate surface area is 150 Å². The Morgan fingerprint density at radius 3 is 2.48 bits per heavy atom. The lowest BCUT2D eigenvalue weighted by atomic mass is 10.0. The number of ketones is 1. The van der Waals surface area contributed by atoms with Gasteiger partial charge in [-0.15, -0.1) is 6.42 Å². The molecule has 25 heavy (non-hydrogen) atoms. The number of rotatable bonds is 6. The van der Waals surface area contributed by atoms with E-state index in [2.05, 4.69) is 11.2 Å². The second kappa shape index (κ2) is 7.95. The molecule has 1 unspecified atom stereocenters. The number of nitrogens with zero attached hydrogens (tertiary/aromatic N) is 1. The molecular formula is C19H20N2O3S. The van der Waals surface area contributed by atoms with Gasteiger partial charge in [0.2, 0.25) is 11.7 Å². The number of carbonyl (C=O) groups is 2. The quantitative estimate of drug-likeness (QED) is 0.638. The van der Waals surface area contributed by atoms with Crippen LogP contribution in [-0.4, -0.2) is 22.2 Å². The molecule has 0 fully saturated rings. The number of terminal acetylenes is 1. The summed E-state index contributed by atoms with van der Waals surface area (Å²) in [5.41, 5.74) is 0.546. The number of carbonyl (C=O) groups excluding carboxylic acids is 2. The van der Waals surface area contributed by atoms with E-state index in [0.717, 1.165) is 11.5 Å². The number of aromatic nitrogens is 1. The molecule has 0 bridgehead atoms. The smallest absolute Gasteiger partial charge is 0.265 e. The van der Waals surface area contributed by atoms with Gasteiger partial charge >= 0.3 is 0 Å². The van der Waals surface area contributed by atoms with E-state index in [0.29, 0.717) is 16.0 Å². The Morgan fingerprint density at radius 1 is 1.28 bits per heavy atom. The first-order valence-electron chi connectivity index (χ1n) is 7.91. The van der Waals surface area contributed by atoms with Crippen molar-refractivity contribution in [3.05, 3.63) is 56.7 Å². The summed E-state index contributed by atoms with van der Waals surface area (Å²) in [4.78, 5) is 38.1. The molecule has 1 amide bonds. The third-order valence-corrected chi connectivity index (χ3v) is 5.07. The minimum atomic E-state index is -0.707. The summed E-state index contributed by atoms with van der Waals surface area (Å²) in [5, 5.41) is 2.62. The molecular weight excluding hydrogens is 336 g/mol. The highest BCUT2D eigenvalue weighted by Gasteiger charge is 2.29. The molecule has 0 aliphatic rings. The second-order valence-electron chi connectivity index (χ2n) is 5.98. The van der Waals surface area contributed by atoms with Gasteiger partial charge in [0.1, 0.15) is 10.9 Å². The van der Waals surface area contributed by atoms with Crippen LogP contribution in [0.4, 0.5) is 0 Å². The Hall–Kier alpha value is -2.65. The fraction of sp³-hybridized carbons (Fsp3) is 0.316. The van der Waals surface area contributed by atoms with Gasteiger partial charge in [-0.2, -0.15) is 0 Å². The van der Waals surface area contributed by atoms with Gasteiger partial charge in [-0.25, -0.2) is 0 Å². The molecule has 2 rings (SSSR count). The molecule has 5 nitrogen and oxygen atoms in total. The van der Waals surface area contributed by atoms with Crippen LogP contribution < -0.4 is 10.9 Å². The highest BCUT2D eigenvalue weighted by atomic mass is 32.1. The highest BCUT2D eigenvalue weighted by Crippen LogP contribution is 2.24. The van der Waals surface area contributed by atoms with E-state index in [4.69, 9.17) is 6.42 Å². The monoisotopic (exact) mass is 356 g/mol. The molecule has 0 radical (unpaired) electrons. The Balaban J connectivity index is 2.46. The molecule has 1 aromatic carbocycles. The Morgan fingerprint density at radius 2 is 1.92 bits per heavy atom. The van der Waals surface area contributed by atoms with Gasteiger partial charge in [0, 0.05) is 11.1 Å². The third-order valence-electron chi connectivity index (χ3n) is 3.81. The molecule has 0 aliphatic heterocycles. The van der Waals surface area contributed by atoms with E-state index in [-0.39, 0.29) is 29.7 Å². The number of amides is 1. The van der Waals surface area contributed by atoms with Crippen LogP contribution in [-0.2, 0) is 4.79 Å². The van der Waals surface area contributed by atoms with Gasteiger partial charge in [-0.05, 0) is 12.8 Å². The zero-order valence-corrected chi connectivity index (χ0v) is 15.2. The van der Waals surface area contributed by atoms with E-state index >= 15 is 0 Å². The van der Waals surface area contributed by atoms with E-state index in [9.17, 15) is 14.4 Å². The molecule has 0 spiro atoms. The van der Waals surface area contributed by atoms with Crippen molar-refractivity contribution in [2.75, 3.05) is 6.54 Å². The van der Waals surface area contributed by atoms with Crippen LogP contribution in [0.25, 0.3) is 0 Å². The van der Waals surface area contributed by atoms with E-state index < -0.39 is 6.04 Å². The molecule has 0 saturated heterocycles. The van der Waals surface area contributed by atoms with Gasteiger partial charge in [-0.3, -0.25) is 18.3 Å². The summed E-state index contributed by atoms with van der Waals surface area (Å²) in [5.74, 6) is 1.67. The minimum absolute atomic E-state index is 0.0942. The van der Waals surface area contributed by atoms with Crippen molar-refractivity contribution >= 4 is 23.2 Å². The number of benzene rings is 1. The normalized spacial score (nSPS) is 11.8. The molecule has 6 heteroatoms. The first-order valence-corrected chi connectivity index (χ1v) is 8.69. The Bertz CT molecular complexity index is 872. The third kappa shape index (κ3) is 3.89. The predicted molar refractivity (Wildman–Crippen MR) is 98.9 cm³/mol. The predicted octanol–water partition coefficient (Wildman–Crippen LogP) is 2.40. The summed E-state index contributed by atoms with van der Waals surface area (Å²) in [6, 6.07) is 8.06. The van der Waals surface area contributed by atoms with Crippen molar-refractivity contribution in [3.8, 4) is 12.3 Å². The first-order chi connectivity index (χ1) is 11.9. The van der Waals surface area contributed by atoms with Crippen LogP contribution >= 0.6 is 11.5 Å². The van der Waals surface area contributed by atoms with Gasteiger partial charge in [0.05, 0.1) is 6.54 Å². The van der Waals surface area contributed by atoms with Crippen molar-refractivity contribution in [1.82, 2.24) is 9.27 Å². The first kappa shape index (κ1) is 18.7. The maximum absolute atomic E-state index is 12.7. The standard InChI is InChI=1S/C19H20N2O3S/c1-5-11-20-18(23)15(12(2)3)21-19(24)13(4)17(25-21)16(22)14-9-7-6-8-10-14/h1,6-10,12,15H,11H2,2-4H3,(H,20,23). The molecule has 130 valence electrons. The van der Waals surface area contributed by atoms with Crippen LogP contribution in [0.15, 0.2) is 35.1 Å². The second-order valence-corrected chi connectivity index (χ2v) is 6.97. The summed E-state index contributed by atoms with van der Waals surface area (Å²) in [6.45, 7) is 5.40. The van der Waals surface area contributed by atoms with Crippen molar-refractivity contribution < 1.29 is 9.59 Å². The molecule has 1 atom stereocenters. The summed E-state index contributed by atoms with van der Waals surface area (Å²) in [6.07, 6.45) is 5.18. The van der Waals surface area contributed by atoms with Gasteiger partial charge in [0.15, 0.2) is 0 Å². The fourth-order valence-electron chi connectivity index (χ4n) is 2.51. The maximum atomic E-state index is 12.7. The lowest BCUT2D eigenvalue weighted by Gasteiger charge is -2.19. The minimum Gasteiger partial charge on any atom is -0.343 e. The largest absolute Gasteiger partial charge is 0.343 e. The number of hydrogen-bond donors (Lipinski definition) is 1. The molecule has 1 heterocycles. The molecule has 1 aromatic heterocycles. The van der Waals surface area contributed by atoms with E-state index in [1.54, 1.807) is 31.2 Å². The van der Waals surface area contributed by atoms with Crippen LogP contribution in [0.3, 0.4) is 0 Å². The number of nitrogens with one attached hydrogen (secondary N) is 1. The van der Waals surface area contributed by atoms with Crippen molar-refractivity contribution in [3.63, 3.8) is 0 Å². The lowest BCUT2D eigenvalue weighted by Crippen LogP contribution is -2.38. The molecule has 1 N–H and O–H groups in total. The van der Waals surface area contributed by atoms with Gasteiger partial charge < -0.3 is 5.32 Å². The zero-order chi connectivity index (χ0) is 18.6. The van der Waals surface area contributed by atoms with Crippen LogP contribution in [0.5, 0.6) is 0 Å². The highest BCUT2D eigenvalue weighted by molar-refractivity contribution is 7.09. The topological polar surface area (TPSA) is 68.2 Å². The van der Waals surface area contributed by atoms with Crippen molar-refractivity contribution in [2.45, 2.75) is 26.8 Å². The van der Waals surface area contributed by atoms with Crippen molar-refractivity contribution in [1.29, 1.82) is 0 Å². The van der Waals surface area contributed by atoms with E-state index in [1.807, 2.05) is 19.9 Å². The van der Waals surface area contributed by atoms with Crippen LogP contribution in [0, 0.1) is 25.2 Å². The fourth-order valence-corrected chi connectivity index (χ4v) is 3.80. The van der Waals surface area contributed by atoms with Crippen LogP contribution in [0.2, 0.25) is 0 Å².